The number of aryl methyl sites for hydroxylation is 1. The molecule has 1 unspecified atom stereocenters. The Bertz CT molecular complexity index is 584. The number of esters is 1. The van der Waals surface area contributed by atoms with E-state index in [1.54, 1.807) is 6.92 Å². The number of ether oxygens (including phenoxy) is 1. The summed E-state index contributed by atoms with van der Waals surface area (Å²) >= 11 is 0. The monoisotopic (exact) mass is 362 g/mol. The van der Waals surface area contributed by atoms with Crippen molar-refractivity contribution in [2.75, 3.05) is 18.9 Å². The average Bonchev–Trinajstić information content (AvgIpc) is 2.60. The molecule has 1 aromatic rings. The first-order chi connectivity index (χ1) is 12.4. The van der Waals surface area contributed by atoms with Gasteiger partial charge in [0, 0.05) is 32.0 Å². The van der Waals surface area contributed by atoms with E-state index in [4.69, 9.17) is 10.5 Å². The molecule has 1 atom stereocenters. The Hall–Kier alpha value is -2.37. The van der Waals surface area contributed by atoms with E-state index in [9.17, 15) is 14.4 Å². The number of hydrogen-bond donors (Lipinski definition) is 2. The highest BCUT2D eigenvalue weighted by Crippen LogP contribution is 2.17. The highest BCUT2D eigenvalue weighted by atomic mass is 16.5. The molecule has 0 aliphatic carbocycles. The van der Waals surface area contributed by atoms with Gasteiger partial charge in [0.2, 0.25) is 5.91 Å². The molecule has 0 radical (unpaired) electrons. The highest BCUT2D eigenvalue weighted by Gasteiger charge is 2.22. The lowest BCUT2D eigenvalue weighted by Gasteiger charge is -2.15. The van der Waals surface area contributed by atoms with Crippen LogP contribution in [0.25, 0.3) is 0 Å². The van der Waals surface area contributed by atoms with Crippen molar-refractivity contribution >= 4 is 23.3 Å². The average molecular weight is 362 g/mol. The molecular weight excluding hydrogens is 332 g/mol. The van der Waals surface area contributed by atoms with Gasteiger partial charge in [0.25, 0.3) is 0 Å². The van der Waals surface area contributed by atoms with Crippen LogP contribution in [0.4, 0.5) is 5.69 Å². The number of hydrogen-bond acceptors (Lipinski definition) is 5. The van der Waals surface area contributed by atoms with Crippen molar-refractivity contribution in [1.82, 2.24) is 5.32 Å². The van der Waals surface area contributed by atoms with Crippen molar-refractivity contribution in [3.05, 3.63) is 29.8 Å². The Morgan fingerprint density at radius 2 is 1.85 bits per heavy atom. The number of ketones is 1. The molecule has 3 N–H and O–H groups in total. The lowest BCUT2D eigenvalue weighted by molar-refractivity contribution is -0.150. The van der Waals surface area contributed by atoms with E-state index in [0.29, 0.717) is 38.1 Å². The van der Waals surface area contributed by atoms with E-state index in [1.165, 1.54) is 6.92 Å². The second-order valence-electron chi connectivity index (χ2n) is 6.41. The Kier molecular flexibility index (Phi) is 10.1. The first kappa shape index (κ1) is 21.7. The molecule has 1 amide bonds. The van der Waals surface area contributed by atoms with Crippen LogP contribution in [0.5, 0.6) is 0 Å². The molecule has 6 heteroatoms. The molecule has 0 heterocycles. The van der Waals surface area contributed by atoms with Gasteiger partial charge in [-0.2, -0.15) is 0 Å². The maximum Gasteiger partial charge on any atom is 0.309 e. The van der Waals surface area contributed by atoms with Crippen molar-refractivity contribution in [1.29, 1.82) is 0 Å². The van der Waals surface area contributed by atoms with Gasteiger partial charge in [-0.05, 0) is 43.9 Å². The number of benzene rings is 1. The molecule has 0 saturated carbocycles. The highest BCUT2D eigenvalue weighted by molar-refractivity contribution is 5.84. The van der Waals surface area contributed by atoms with Gasteiger partial charge in [-0.1, -0.05) is 18.6 Å². The number of carbonyl (C=O) groups is 3. The van der Waals surface area contributed by atoms with Gasteiger partial charge in [0.05, 0.1) is 12.5 Å². The van der Waals surface area contributed by atoms with Crippen LogP contribution in [-0.2, 0) is 25.5 Å². The normalized spacial score (nSPS) is 11.6. The van der Waals surface area contributed by atoms with Crippen LogP contribution in [-0.4, -0.2) is 30.8 Å². The molecule has 0 bridgehead atoms. The molecule has 0 spiro atoms. The quantitative estimate of drug-likeness (QED) is 0.338. The van der Waals surface area contributed by atoms with Crippen molar-refractivity contribution in [2.45, 2.75) is 52.4 Å². The number of nitrogen functional groups attached to an aromatic ring is 1. The lowest BCUT2D eigenvalue weighted by atomic mass is 9.94. The summed E-state index contributed by atoms with van der Waals surface area (Å²) in [5.41, 5.74) is 7.40. The number of amides is 1. The van der Waals surface area contributed by atoms with Crippen molar-refractivity contribution in [2.24, 2.45) is 5.92 Å². The third-order valence-corrected chi connectivity index (χ3v) is 4.12. The smallest absolute Gasteiger partial charge is 0.309 e. The first-order valence-corrected chi connectivity index (χ1v) is 9.19. The van der Waals surface area contributed by atoms with E-state index in [1.807, 2.05) is 24.3 Å². The SMILES string of the molecule is CCOC(=O)C(CCCCNC(C)=O)CC(=O)CCc1ccc(N)cc1. The summed E-state index contributed by atoms with van der Waals surface area (Å²) in [6.45, 7) is 4.12. The molecule has 0 saturated heterocycles. The standard InChI is InChI=1S/C20H30N2O4/c1-3-26-20(25)17(6-4-5-13-22-15(2)23)14-19(24)12-9-16-7-10-18(21)11-8-16/h7-8,10-11,17H,3-6,9,12-14,21H2,1-2H3,(H,22,23). The second-order valence-corrected chi connectivity index (χ2v) is 6.41. The maximum absolute atomic E-state index is 12.3. The molecule has 1 rings (SSSR count). The van der Waals surface area contributed by atoms with Crippen molar-refractivity contribution < 1.29 is 19.1 Å². The lowest BCUT2D eigenvalue weighted by Crippen LogP contribution is -2.23. The third kappa shape index (κ3) is 9.20. The van der Waals surface area contributed by atoms with Gasteiger partial charge < -0.3 is 15.8 Å². The summed E-state index contributed by atoms with van der Waals surface area (Å²) in [5.74, 6) is -0.731. The molecule has 0 aliphatic heterocycles. The van der Waals surface area contributed by atoms with E-state index in [0.717, 1.165) is 18.4 Å². The Labute approximate surface area is 155 Å². The molecule has 0 aliphatic rings. The first-order valence-electron chi connectivity index (χ1n) is 9.19. The molecule has 144 valence electrons. The second kappa shape index (κ2) is 12.1. The molecule has 6 nitrogen and oxygen atoms in total. The molecule has 1 aromatic carbocycles. The summed E-state index contributed by atoms with van der Waals surface area (Å²) in [6, 6.07) is 7.45. The zero-order valence-electron chi connectivity index (χ0n) is 15.8. The Balaban J connectivity index is 2.44. The summed E-state index contributed by atoms with van der Waals surface area (Å²) in [6.07, 6.45) is 3.35. The summed E-state index contributed by atoms with van der Waals surface area (Å²) in [7, 11) is 0. The Morgan fingerprint density at radius 3 is 2.46 bits per heavy atom. The molecule has 26 heavy (non-hydrogen) atoms. The maximum atomic E-state index is 12.3. The number of nitrogens with one attached hydrogen (secondary N) is 1. The predicted octanol–water partition coefficient (Wildman–Crippen LogP) is 2.65. The zero-order valence-corrected chi connectivity index (χ0v) is 15.8. The number of unbranched alkanes of at least 4 members (excludes halogenated alkanes) is 1. The van der Waals surface area contributed by atoms with Gasteiger partial charge in [-0.3, -0.25) is 14.4 Å². The number of rotatable bonds is 12. The topological polar surface area (TPSA) is 98.5 Å². The minimum Gasteiger partial charge on any atom is -0.466 e. The van der Waals surface area contributed by atoms with Gasteiger partial charge in [0.15, 0.2) is 0 Å². The Morgan fingerprint density at radius 1 is 1.15 bits per heavy atom. The van der Waals surface area contributed by atoms with E-state index < -0.39 is 5.92 Å². The molecular formula is C20H30N2O4. The fourth-order valence-electron chi connectivity index (χ4n) is 2.69. The van der Waals surface area contributed by atoms with Crippen molar-refractivity contribution in [3.8, 4) is 0 Å². The van der Waals surface area contributed by atoms with Crippen LogP contribution in [0, 0.1) is 5.92 Å². The fourth-order valence-corrected chi connectivity index (χ4v) is 2.69. The minimum absolute atomic E-state index is 0.0572. The number of nitrogens with two attached hydrogens (primary N) is 1. The van der Waals surface area contributed by atoms with Gasteiger partial charge in [-0.15, -0.1) is 0 Å². The van der Waals surface area contributed by atoms with E-state index in [2.05, 4.69) is 5.32 Å². The van der Waals surface area contributed by atoms with Crippen LogP contribution in [0.2, 0.25) is 0 Å². The molecule has 0 fully saturated rings. The summed E-state index contributed by atoms with van der Waals surface area (Å²) < 4.78 is 5.10. The van der Waals surface area contributed by atoms with Crippen LogP contribution < -0.4 is 11.1 Å². The van der Waals surface area contributed by atoms with Gasteiger partial charge >= 0.3 is 5.97 Å². The molecule has 0 aromatic heterocycles. The van der Waals surface area contributed by atoms with E-state index >= 15 is 0 Å². The van der Waals surface area contributed by atoms with Crippen LogP contribution in [0.15, 0.2) is 24.3 Å². The number of anilines is 1. The van der Waals surface area contributed by atoms with Gasteiger partial charge in [-0.25, -0.2) is 0 Å². The van der Waals surface area contributed by atoms with E-state index in [-0.39, 0.29) is 24.1 Å². The zero-order chi connectivity index (χ0) is 19.4. The fraction of sp³-hybridized carbons (Fsp3) is 0.550. The minimum atomic E-state index is -0.411. The largest absolute Gasteiger partial charge is 0.466 e. The van der Waals surface area contributed by atoms with Crippen molar-refractivity contribution in [3.63, 3.8) is 0 Å². The van der Waals surface area contributed by atoms with Crippen LogP contribution in [0.1, 0.15) is 51.5 Å². The van der Waals surface area contributed by atoms with Gasteiger partial charge in [0.1, 0.15) is 5.78 Å². The third-order valence-electron chi connectivity index (χ3n) is 4.12. The summed E-state index contributed by atoms with van der Waals surface area (Å²) in [5, 5.41) is 2.73. The number of carbonyl (C=O) groups excluding carboxylic acids is 3. The predicted molar refractivity (Wildman–Crippen MR) is 101 cm³/mol. The van der Waals surface area contributed by atoms with Crippen LogP contribution in [0.3, 0.4) is 0 Å². The summed E-state index contributed by atoms with van der Waals surface area (Å²) in [4.78, 5) is 35.2. The number of Topliss-reactive ketones (excluding diaryl/α,β-unsaturated/α-hetero) is 1. The van der Waals surface area contributed by atoms with Crippen LogP contribution >= 0.6 is 0 Å².